The first-order valence-electron chi connectivity index (χ1n) is 12.5. The number of carbonyl (C=O) groups is 1. The minimum Gasteiger partial charge on any atom is -0.465 e. The fourth-order valence-electron chi connectivity index (χ4n) is 4.70. The summed E-state index contributed by atoms with van der Waals surface area (Å²) in [6, 6.07) is 11.0. The van der Waals surface area contributed by atoms with Gasteiger partial charge in [-0.2, -0.15) is 0 Å². The second-order valence-electron chi connectivity index (χ2n) is 9.33. The fourth-order valence-corrected chi connectivity index (χ4v) is 6.43. The van der Waals surface area contributed by atoms with Gasteiger partial charge in [-0.05, 0) is 56.4 Å². The van der Waals surface area contributed by atoms with Crippen molar-refractivity contribution in [3.05, 3.63) is 65.9 Å². The Morgan fingerprint density at radius 3 is 2.65 bits per heavy atom. The molecule has 0 bridgehead atoms. The lowest BCUT2D eigenvalue weighted by Crippen LogP contribution is -2.47. The van der Waals surface area contributed by atoms with Gasteiger partial charge in [-0.15, -0.1) is 0 Å². The smallest absolute Gasteiger partial charge is 0.404 e. The lowest BCUT2D eigenvalue weighted by Gasteiger charge is -2.32. The van der Waals surface area contributed by atoms with Crippen LogP contribution < -0.4 is 5.32 Å². The molecule has 1 aliphatic rings. The third-order valence-corrected chi connectivity index (χ3v) is 8.49. The summed E-state index contributed by atoms with van der Waals surface area (Å²) in [5.41, 5.74) is 2.93. The summed E-state index contributed by atoms with van der Waals surface area (Å²) in [7, 11) is -3.64. The zero-order valence-electron chi connectivity index (χ0n) is 20.9. The van der Waals surface area contributed by atoms with E-state index >= 15 is 0 Å². The molecule has 0 radical (unpaired) electrons. The molecule has 3 heterocycles. The average Bonchev–Trinajstić information content (AvgIpc) is 2.87. The van der Waals surface area contributed by atoms with E-state index in [1.165, 1.54) is 4.31 Å². The van der Waals surface area contributed by atoms with Crippen LogP contribution >= 0.6 is 0 Å². The molecule has 0 saturated carbocycles. The van der Waals surface area contributed by atoms with Crippen molar-refractivity contribution in [1.82, 2.24) is 24.6 Å². The number of hydrogen-bond acceptors (Lipinski definition) is 7. The van der Waals surface area contributed by atoms with Gasteiger partial charge in [0, 0.05) is 49.0 Å². The van der Waals surface area contributed by atoms with Crippen molar-refractivity contribution in [1.29, 1.82) is 0 Å². The highest BCUT2D eigenvalue weighted by Gasteiger charge is 2.31. The van der Waals surface area contributed by atoms with Gasteiger partial charge in [0.2, 0.25) is 10.0 Å². The van der Waals surface area contributed by atoms with Crippen molar-refractivity contribution in [3.8, 4) is 0 Å². The summed E-state index contributed by atoms with van der Waals surface area (Å²) in [5, 5.41) is 12.6. The molecule has 4 rings (SSSR count). The third kappa shape index (κ3) is 7.67. The van der Waals surface area contributed by atoms with Crippen molar-refractivity contribution < 1.29 is 23.1 Å². The van der Waals surface area contributed by atoms with E-state index in [2.05, 4.69) is 20.3 Å². The molecule has 1 saturated heterocycles. The number of ether oxygens (including phenoxy) is 1. The zero-order valence-corrected chi connectivity index (χ0v) is 21.7. The molecule has 2 aromatic heterocycles. The molecule has 1 atom stereocenters. The van der Waals surface area contributed by atoms with Crippen LogP contribution in [0.15, 0.2) is 48.8 Å². The summed E-state index contributed by atoms with van der Waals surface area (Å²) >= 11 is 0. The van der Waals surface area contributed by atoms with E-state index in [0.717, 1.165) is 22.2 Å². The number of sulfonamides is 1. The SMILES string of the molecule is Cc1cc(COC2CCN(S(=O)(=O)C[C@@H](CCCc3ncccn3)NC(=O)O)CC2)c2ccccc2n1. The Morgan fingerprint density at radius 1 is 1.19 bits per heavy atom. The first kappa shape index (κ1) is 26.9. The molecule has 11 heteroatoms. The number of para-hydroxylation sites is 1. The Morgan fingerprint density at radius 2 is 1.92 bits per heavy atom. The predicted molar refractivity (Wildman–Crippen MR) is 140 cm³/mol. The van der Waals surface area contributed by atoms with Gasteiger partial charge in [0.15, 0.2) is 0 Å². The predicted octanol–water partition coefficient (Wildman–Crippen LogP) is 3.30. The van der Waals surface area contributed by atoms with E-state index in [1.807, 2.05) is 37.3 Å². The summed E-state index contributed by atoms with van der Waals surface area (Å²) in [5.74, 6) is 0.374. The number of aromatic nitrogens is 3. The monoisotopic (exact) mass is 527 g/mol. The third-order valence-electron chi connectivity index (χ3n) is 6.51. The molecule has 2 N–H and O–H groups in total. The van der Waals surface area contributed by atoms with Crippen molar-refractivity contribution in [2.45, 2.75) is 57.8 Å². The number of hydrogen-bond donors (Lipinski definition) is 2. The molecule has 1 amide bonds. The number of fused-ring (bicyclic) bond motifs is 1. The number of carboxylic acid groups (broad SMARTS) is 1. The summed E-state index contributed by atoms with van der Waals surface area (Å²) in [4.78, 5) is 24.2. The Balaban J connectivity index is 1.28. The number of nitrogens with one attached hydrogen (secondary N) is 1. The van der Waals surface area contributed by atoms with E-state index in [9.17, 15) is 18.3 Å². The van der Waals surface area contributed by atoms with Gasteiger partial charge in [0.1, 0.15) is 5.82 Å². The minimum absolute atomic E-state index is 0.0440. The van der Waals surface area contributed by atoms with E-state index in [-0.39, 0.29) is 11.9 Å². The number of nitrogens with zero attached hydrogens (tertiary/aromatic N) is 4. The second kappa shape index (κ2) is 12.4. The normalized spacial score (nSPS) is 16.0. The molecule has 37 heavy (non-hydrogen) atoms. The van der Waals surface area contributed by atoms with Gasteiger partial charge < -0.3 is 15.2 Å². The number of aryl methyl sites for hydroxylation is 2. The van der Waals surface area contributed by atoms with E-state index in [4.69, 9.17) is 4.74 Å². The van der Waals surface area contributed by atoms with Crippen LogP contribution in [-0.4, -0.2) is 69.9 Å². The van der Waals surface area contributed by atoms with Crippen LogP contribution in [0, 0.1) is 6.92 Å². The van der Waals surface area contributed by atoms with Crippen LogP contribution in [0.2, 0.25) is 0 Å². The Labute approximate surface area is 217 Å². The Hall–Kier alpha value is -3.15. The molecular formula is C26H33N5O5S. The van der Waals surface area contributed by atoms with Crippen LogP contribution in [0.4, 0.5) is 4.79 Å². The van der Waals surface area contributed by atoms with Crippen molar-refractivity contribution in [2.75, 3.05) is 18.8 Å². The maximum absolute atomic E-state index is 13.1. The lowest BCUT2D eigenvalue weighted by molar-refractivity contribution is 0.0107. The average molecular weight is 528 g/mol. The first-order valence-corrected chi connectivity index (χ1v) is 14.1. The number of piperidine rings is 1. The quantitative estimate of drug-likeness (QED) is 0.388. The topological polar surface area (TPSA) is 135 Å². The molecule has 1 aromatic carbocycles. The molecule has 0 spiro atoms. The molecule has 1 aliphatic heterocycles. The minimum atomic E-state index is -3.64. The summed E-state index contributed by atoms with van der Waals surface area (Å²) in [6.45, 7) is 3.10. The largest absolute Gasteiger partial charge is 0.465 e. The molecule has 0 aliphatic carbocycles. The van der Waals surface area contributed by atoms with Gasteiger partial charge in [0.25, 0.3) is 0 Å². The van der Waals surface area contributed by atoms with Crippen LogP contribution in [0.25, 0.3) is 10.9 Å². The zero-order chi connectivity index (χ0) is 26.3. The van der Waals surface area contributed by atoms with Gasteiger partial charge >= 0.3 is 6.09 Å². The van der Waals surface area contributed by atoms with E-state index in [0.29, 0.717) is 57.6 Å². The van der Waals surface area contributed by atoms with Crippen molar-refractivity contribution >= 4 is 27.0 Å². The highest BCUT2D eigenvalue weighted by atomic mass is 32.2. The molecule has 1 fully saturated rings. The van der Waals surface area contributed by atoms with E-state index < -0.39 is 22.2 Å². The maximum atomic E-state index is 13.1. The van der Waals surface area contributed by atoms with Crippen molar-refractivity contribution in [2.24, 2.45) is 0 Å². The van der Waals surface area contributed by atoms with Gasteiger partial charge in [-0.1, -0.05) is 18.2 Å². The molecule has 3 aromatic rings. The van der Waals surface area contributed by atoms with Gasteiger partial charge in [-0.3, -0.25) is 4.98 Å². The van der Waals surface area contributed by atoms with Gasteiger partial charge in [0.05, 0.1) is 24.0 Å². The molecule has 198 valence electrons. The standard InChI is InChI=1S/C26H33N5O5S/c1-19-16-20(23-7-2-3-8-24(23)29-19)17-36-22-10-14-31(15-11-22)37(34,35)18-21(30-26(32)33)6-4-9-25-27-12-5-13-28-25/h2-3,5,7-8,12-13,16,21-22,30H,4,6,9-11,14-15,17-18H2,1H3,(H,32,33)/t21-/m1/s1. The van der Waals surface area contributed by atoms with Crippen LogP contribution in [0.5, 0.6) is 0 Å². The fraction of sp³-hybridized carbons (Fsp3) is 0.462. The Bertz CT molecular complexity index is 1300. The highest BCUT2D eigenvalue weighted by molar-refractivity contribution is 7.89. The highest BCUT2D eigenvalue weighted by Crippen LogP contribution is 2.23. The van der Waals surface area contributed by atoms with Crippen LogP contribution in [0.3, 0.4) is 0 Å². The number of benzene rings is 1. The number of pyridine rings is 1. The second-order valence-corrected chi connectivity index (χ2v) is 11.3. The number of rotatable bonds is 11. The van der Waals surface area contributed by atoms with Crippen LogP contribution in [-0.2, 0) is 27.8 Å². The first-order chi connectivity index (χ1) is 17.8. The molecule has 0 unspecified atom stereocenters. The number of amides is 1. The molecular weight excluding hydrogens is 494 g/mol. The van der Waals surface area contributed by atoms with Gasteiger partial charge in [-0.25, -0.2) is 27.5 Å². The Kier molecular flexibility index (Phi) is 9.01. The van der Waals surface area contributed by atoms with E-state index in [1.54, 1.807) is 18.5 Å². The van der Waals surface area contributed by atoms with Crippen LogP contribution in [0.1, 0.15) is 42.8 Å². The molecule has 10 nitrogen and oxygen atoms in total. The maximum Gasteiger partial charge on any atom is 0.404 e. The van der Waals surface area contributed by atoms with Crippen molar-refractivity contribution in [3.63, 3.8) is 0 Å². The lowest BCUT2D eigenvalue weighted by atomic mass is 10.1. The summed E-state index contributed by atoms with van der Waals surface area (Å²) < 4.78 is 33.8. The summed E-state index contributed by atoms with van der Waals surface area (Å²) in [6.07, 6.45) is 4.69.